The van der Waals surface area contributed by atoms with Crippen molar-refractivity contribution in [1.29, 1.82) is 0 Å². The standard InChI is InChI=1S/C27H36N2O7/c1-5-6-7-22(32)29(10-8-16(2)3)20-14-19(27(34)28-9-11-30)23-18-12-17(15-31)13-21(35-4)25(18)36-26(23)24(20)33/h6-7,12-16,20,23-24,26,30,33H,5,8-11H2,1-4H3,(H,28,34). The fourth-order valence-corrected chi connectivity index (χ4v) is 4.68. The van der Waals surface area contributed by atoms with Crippen molar-refractivity contribution in [1.82, 2.24) is 10.2 Å². The van der Waals surface area contributed by atoms with Crippen LogP contribution in [0.4, 0.5) is 0 Å². The first kappa shape index (κ1) is 27.4. The molecular weight excluding hydrogens is 464 g/mol. The second-order valence-corrected chi connectivity index (χ2v) is 9.43. The number of aldehydes is 1. The average Bonchev–Trinajstić information content (AvgIpc) is 3.26. The molecule has 9 nitrogen and oxygen atoms in total. The number of benzene rings is 1. The molecule has 0 fully saturated rings. The molecule has 1 aliphatic heterocycles. The van der Waals surface area contributed by atoms with E-state index < -0.39 is 30.1 Å². The van der Waals surface area contributed by atoms with Crippen molar-refractivity contribution < 1.29 is 34.1 Å². The maximum atomic E-state index is 13.3. The lowest BCUT2D eigenvalue weighted by molar-refractivity contribution is -0.132. The van der Waals surface area contributed by atoms with Crippen LogP contribution in [0, 0.1) is 5.92 Å². The summed E-state index contributed by atoms with van der Waals surface area (Å²) in [6, 6.07) is 2.34. The van der Waals surface area contributed by atoms with Gasteiger partial charge >= 0.3 is 0 Å². The van der Waals surface area contributed by atoms with Crippen molar-refractivity contribution in [2.45, 2.75) is 57.8 Å². The van der Waals surface area contributed by atoms with Crippen LogP contribution in [0.25, 0.3) is 0 Å². The first-order valence-electron chi connectivity index (χ1n) is 12.4. The Labute approximate surface area is 211 Å². The van der Waals surface area contributed by atoms with E-state index in [4.69, 9.17) is 9.47 Å². The molecule has 1 heterocycles. The largest absolute Gasteiger partial charge is 0.493 e. The lowest BCUT2D eigenvalue weighted by atomic mass is 9.77. The number of amides is 2. The molecule has 2 aliphatic rings. The number of ether oxygens (including phenoxy) is 2. The number of nitrogens with zero attached hydrogens (tertiary/aromatic N) is 1. The van der Waals surface area contributed by atoms with Crippen LogP contribution in [0.1, 0.15) is 55.5 Å². The number of carbonyl (C=O) groups excluding carboxylic acids is 3. The molecule has 196 valence electrons. The van der Waals surface area contributed by atoms with E-state index >= 15 is 0 Å². The molecule has 3 rings (SSSR count). The van der Waals surface area contributed by atoms with Gasteiger partial charge in [-0.1, -0.05) is 26.8 Å². The second kappa shape index (κ2) is 12.2. The molecule has 4 unspecified atom stereocenters. The van der Waals surface area contributed by atoms with Gasteiger partial charge in [-0.05, 0) is 43.0 Å². The number of allylic oxidation sites excluding steroid dienone is 1. The molecule has 36 heavy (non-hydrogen) atoms. The van der Waals surface area contributed by atoms with Gasteiger partial charge in [0, 0.05) is 29.8 Å². The zero-order chi connectivity index (χ0) is 26.4. The number of aliphatic hydroxyl groups is 2. The van der Waals surface area contributed by atoms with Crippen LogP contribution in [0.15, 0.2) is 35.9 Å². The number of hydrogen-bond donors (Lipinski definition) is 3. The van der Waals surface area contributed by atoms with Crippen LogP contribution < -0.4 is 14.8 Å². The summed E-state index contributed by atoms with van der Waals surface area (Å²) in [7, 11) is 1.45. The van der Waals surface area contributed by atoms with E-state index in [1.54, 1.807) is 23.1 Å². The van der Waals surface area contributed by atoms with E-state index in [-0.39, 0.29) is 19.1 Å². The molecule has 0 aromatic heterocycles. The number of fused-ring (bicyclic) bond motifs is 3. The Morgan fingerprint density at radius 2 is 2.06 bits per heavy atom. The van der Waals surface area contributed by atoms with Crippen LogP contribution in [0.5, 0.6) is 11.5 Å². The molecule has 1 aromatic carbocycles. The fraction of sp³-hybridized carbons (Fsp3) is 0.519. The summed E-state index contributed by atoms with van der Waals surface area (Å²) < 4.78 is 11.6. The Bertz CT molecular complexity index is 1030. The van der Waals surface area contributed by atoms with Crippen LogP contribution in [0.3, 0.4) is 0 Å². The van der Waals surface area contributed by atoms with E-state index in [0.29, 0.717) is 59.8 Å². The first-order valence-corrected chi connectivity index (χ1v) is 12.4. The van der Waals surface area contributed by atoms with Gasteiger partial charge in [0.1, 0.15) is 18.5 Å². The van der Waals surface area contributed by atoms with Crippen molar-refractivity contribution in [2.75, 3.05) is 26.8 Å². The molecule has 1 aromatic rings. The lowest BCUT2D eigenvalue weighted by Crippen LogP contribution is -2.55. The molecule has 0 saturated heterocycles. The molecular formula is C27H36N2O7. The van der Waals surface area contributed by atoms with E-state index in [2.05, 4.69) is 19.2 Å². The third-order valence-electron chi connectivity index (χ3n) is 6.50. The monoisotopic (exact) mass is 500 g/mol. The molecule has 0 saturated carbocycles. The molecule has 4 atom stereocenters. The summed E-state index contributed by atoms with van der Waals surface area (Å²) in [6.07, 6.45) is 4.91. The van der Waals surface area contributed by atoms with Gasteiger partial charge in [-0.25, -0.2) is 0 Å². The average molecular weight is 501 g/mol. The van der Waals surface area contributed by atoms with Crippen molar-refractivity contribution in [3.05, 3.63) is 47.1 Å². The third kappa shape index (κ3) is 5.63. The third-order valence-corrected chi connectivity index (χ3v) is 6.50. The number of carbonyl (C=O) groups is 3. The number of rotatable bonds is 11. The van der Waals surface area contributed by atoms with Crippen molar-refractivity contribution in [3.8, 4) is 11.5 Å². The van der Waals surface area contributed by atoms with Gasteiger partial charge in [-0.3, -0.25) is 14.4 Å². The normalized spacial score (nSPS) is 22.5. The van der Waals surface area contributed by atoms with Crippen molar-refractivity contribution in [3.63, 3.8) is 0 Å². The maximum absolute atomic E-state index is 13.3. The molecule has 0 radical (unpaired) electrons. The number of hydrogen-bond acceptors (Lipinski definition) is 7. The molecule has 0 bridgehead atoms. The Kier molecular flexibility index (Phi) is 9.28. The smallest absolute Gasteiger partial charge is 0.247 e. The SMILES string of the molecule is CCC=CC(=O)N(CCC(C)C)C1C=C(C(=O)NCCO)C2c3cc(C=O)cc(OC)c3OC2C1O. The lowest BCUT2D eigenvalue weighted by Gasteiger charge is -2.40. The van der Waals surface area contributed by atoms with Crippen LogP contribution >= 0.6 is 0 Å². The summed E-state index contributed by atoms with van der Waals surface area (Å²) in [5, 5.41) is 23.4. The molecule has 2 amide bonds. The highest BCUT2D eigenvalue weighted by Gasteiger charge is 2.51. The Morgan fingerprint density at radius 3 is 2.67 bits per heavy atom. The van der Waals surface area contributed by atoms with Gasteiger partial charge in [0.15, 0.2) is 11.5 Å². The van der Waals surface area contributed by atoms with Gasteiger partial charge < -0.3 is 29.9 Å². The number of aliphatic hydroxyl groups excluding tert-OH is 2. The summed E-state index contributed by atoms with van der Waals surface area (Å²) in [6.45, 7) is 6.22. The predicted octanol–water partition coefficient (Wildman–Crippen LogP) is 1.97. The van der Waals surface area contributed by atoms with E-state index in [0.717, 1.165) is 0 Å². The van der Waals surface area contributed by atoms with E-state index in [9.17, 15) is 24.6 Å². The minimum Gasteiger partial charge on any atom is -0.493 e. The highest BCUT2D eigenvalue weighted by molar-refractivity contribution is 5.97. The minimum absolute atomic E-state index is 0.0431. The van der Waals surface area contributed by atoms with Crippen LogP contribution in [-0.4, -0.2) is 78.3 Å². The highest BCUT2D eigenvalue weighted by Crippen LogP contribution is 2.51. The predicted molar refractivity (Wildman–Crippen MR) is 134 cm³/mol. The maximum Gasteiger partial charge on any atom is 0.247 e. The summed E-state index contributed by atoms with van der Waals surface area (Å²) in [5.74, 6) is -0.401. The Morgan fingerprint density at radius 1 is 1.31 bits per heavy atom. The number of nitrogens with one attached hydrogen (secondary N) is 1. The quantitative estimate of drug-likeness (QED) is 0.313. The number of methoxy groups -OCH3 is 1. The summed E-state index contributed by atoms with van der Waals surface area (Å²) >= 11 is 0. The fourth-order valence-electron chi connectivity index (χ4n) is 4.68. The topological polar surface area (TPSA) is 125 Å². The van der Waals surface area contributed by atoms with Crippen LogP contribution in [-0.2, 0) is 9.59 Å². The molecule has 9 heteroatoms. The van der Waals surface area contributed by atoms with Gasteiger partial charge in [0.25, 0.3) is 0 Å². The van der Waals surface area contributed by atoms with Crippen LogP contribution in [0.2, 0.25) is 0 Å². The highest BCUT2D eigenvalue weighted by atomic mass is 16.5. The zero-order valence-electron chi connectivity index (χ0n) is 21.3. The van der Waals surface area contributed by atoms with Gasteiger partial charge in [0.05, 0.1) is 25.7 Å². The van der Waals surface area contributed by atoms with Crippen molar-refractivity contribution >= 4 is 18.1 Å². The minimum atomic E-state index is -1.15. The molecule has 1 aliphatic carbocycles. The summed E-state index contributed by atoms with van der Waals surface area (Å²) in [4.78, 5) is 39.6. The van der Waals surface area contributed by atoms with Gasteiger partial charge in [-0.2, -0.15) is 0 Å². The zero-order valence-corrected chi connectivity index (χ0v) is 21.3. The second-order valence-electron chi connectivity index (χ2n) is 9.43. The molecule has 0 spiro atoms. The van der Waals surface area contributed by atoms with E-state index in [1.165, 1.54) is 19.3 Å². The summed E-state index contributed by atoms with van der Waals surface area (Å²) in [5.41, 5.74) is 1.20. The van der Waals surface area contributed by atoms with Crippen molar-refractivity contribution in [2.24, 2.45) is 5.92 Å². The van der Waals surface area contributed by atoms with Gasteiger partial charge in [0.2, 0.25) is 11.8 Å². The Balaban J connectivity index is 2.12. The van der Waals surface area contributed by atoms with Gasteiger partial charge in [-0.15, -0.1) is 0 Å². The van der Waals surface area contributed by atoms with E-state index in [1.807, 2.05) is 6.92 Å². The first-order chi connectivity index (χ1) is 17.3. The molecule has 3 N–H and O–H groups in total. The Hall–Kier alpha value is -3.17.